The molecule has 0 bridgehead atoms. The summed E-state index contributed by atoms with van der Waals surface area (Å²) < 4.78 is 0. The van der Waals surface area contributed by atoms with Gasteiger partial charge >= 0.3 is 0 Å². The number of hydrogen-bond donors (Lipinski definition) is 2. The van der Waals surface area contributed by atoms with E-state index in [1.54, 1.807) is 6.20 Å². The smallest absolute Gasteiger partial charge is 0.240 e. The molecule has 1 aliphatic carbocycles. The molecule has 1 amide bonds. The standard InChI is InChI=1S/C12H19N3OS/c1-11(2,10-14-6-7-17-10)15-9(16)12(3,13)8-4-5-8/h6-8H,4-5,13H2,1-3H3,(H,15,16). The number of nitrogens with one attached hydrogen (secondary N) is 1. The van der Waals surface area contributed by atoms with E-state index in [0.29, 0.717) is 5.92 Å². The van der Waals surface area contributed by atoms with Crippen LogP contribution in [0.2, 0.25) is 0 Å². The Morgan fingerprint density at radius 1 is 1.53 bits per heavy atom. The molecule has 1 heterocycles. The second-order valence-electron chi connectivity index (χ2n) is 5.47. The fourth-order valence-corrected chi connectivity index (χ4v) is 2.59. The molecule has 0 aliphatic heterocycles. The third kappa shape index (κ3) is 2.50. The summed E-state index contributed by atoms with van der Waals surface area (Å²) in [5.74, 6) is 0.245. The van der Waals surface area contributed by atoms with Crippen LogP contribution in [0.25, 0.3) is 0 Å². The lowest BCUT2D eigenvalue weighted by molar-refractivity contribution is -0.128. The summed E-state index contributed by atoms with van der Waals surface area (Å²) in [6, 6.07) is 0. The number of carbonyl (C=O) groups excluding carboxylic acids is 1. The molecule has 2 rings (SSSR count). The van der Waals surface area contributed by atoms with Crippen molar-refractivity contribution in [2.45, 2.75) is 44.7 Å². The fraction of sp³-hybridized carbons (Fsp3) is 0.667. The van der Waals surface area contributed by atoms with Crippen molar-refractivity contribution in [1.82, 2.24) is 10.3 Å². The largest absolute Gasteiger partial charge is 0.343 e. The Balaban J connectivity index is 2.08. The van der Waals surface area contributed by atoms with Crippen molar-refractivity contribution in [2.75, 3.05) is 0 Å². The number of rotatable bonds is 4. The van der Waals surface area contributed by atoms with Crippen molar-refractivity contribution in [2.24, 2.45) is 11.7 Å². The first kappa shape index (κ1) is 12.5. The van der Waals surface area contributed by atoms with Crippen molar-refractivity contribution in [3.63, 3.8) is 0 Å². The molecule has 1 fully saturated rings. The van der Waals surface area contributed by atoms with E-state index in [4.69, 9.17) is 5.73 Å². The van der Waals surface area contributed by atoms with Crippen LogP contribution in [0.15, 0.2) is 11.6 Å². The van der Waals surface area contributed by atoms with Crippen LogP contribution in [0, 0.1) is 5.92 Å². The van der Waals surface area contributed by atoms with Gasteiger partial charge in [0.15, 0.2) is 0 Å². The number of thiazole rings is 1. The molecule has 0 spiro atoms. The minimum atomic E-state index is -0.755. The zero-order valence-corrected chi connectivity index (χ0v) is 11.3. The summed E-state index contributed by atoms with van der Waals surface area (Å²) in [7, 11) is 0. The van der Waals surface area contributed by atoms with Gasteiger partial charge in [-0.1, -0.05) is 0 Å². The van der Waals surface area contributed by atoms with Gasteiger partial charge in [-0.2, -0.15) is 0 Å². The van der Waals surface area contributed by atoms with Crippen LogP contribution in [-0.2, 0) is 10.3 Å². The Morgan fingerprint density at radius 2 is 2.18 bits per heavy atom. The molecule has 0 aromatic carbocycles. The zero-order chi connectivity index (χ0) is 12.7. The summed E-state index contributed by atoms with van der Waals surface area (Å²) in [6.45, 7) is 5.72. The fourth-order valence-electron chi connectivity index (χ4n) is 1.87. The third-order valence-corrected chi connectivity index (χ3v) is 4.40. The molecule has 1 aliphatic rings. The van der Waals surface area contributed by atoms with E-state index in [1.807, 2.05) is 26.2 Å². The summed E-state index contributed by atoms with van der Waals surface area (Å²) >= 11 is 1.54. The Bertz CT molecular complexity index is 407. The van der Waals surface area contributed by atoms with Gasteiger partial charge in [-0.25, -0.2) is 4.98 Å². The van der Waals surface area contributed by atoms with Gasteiger partial charge in [-0.3, -0.25) is 4.79 Å². The molecule has 1 atom stereocenters. The first-order valence-corrected chi connectivity index (χ1v) is 6.73. The lowest BCUT2D eigenvalue weighted by atomic mass is 9.94. The average Bonchev–Trinajstić information content (AvgIpc) is 2.93. The molecule has 17 heavy (non-hydrogen) atoms. The topological polar surface area (TPSA) is 68.0 Å². The maximum absolute atomic E-state index is 12.2. The Morgan fingerprint density at radius 3 is 2.65 bits per heavy atom. The van der Waals surface area contributed by atoms with Gasteiger partial charge in [0.25, 0.3) is 0 Å². The van der Waals surface area contributed by atoms with Crippen molar-refractivity contribution in [3.8, 4) is 0 Å². The van der Waals surface area contributed by atoms with E-state index >= 15 is 0 Å². The normalized spacial score (nSPS) is 19.8. The predicted molar refractivity (Wildman–Crippen MR) is 68.6 cm³/mol. The van der Waals surface area contributed by atoms with Gasteiger partial charge < -0.3 is 11.1 Å². The number of nitrogens with zero attached hydrogens (tertiary/aromatic N) is 1. The molecule has 1 unspecified atom stereocenters. The van der Waals surface area contributed by atoms with Gasteiger partial charge in [-0.05, 0) is 39.5 Å². The summed E-state index contributed by atoms with van der Waals surface area (Å²) in [6.07, 6.45) is 3.85. The van der Waals surface area contributed by atoms with Gasteiger partial charge in [0, 0.05) is 11.6 Å². The SMILES string of the molecule is CC(C)(NC(=O)C(C)(N)C1CC1)c1nccs1. The molecule has 3 N–H and O–H groups in total. The number of nitrogens with two attached hydrogens (primary N) is 1. The lowest BCUT2D eigenvalue weighted by Gasteiger charge is -2.30. The second kappa shape index (κ2) is 4.07. The highest BCUT2D eigenvalue weighted by molar-refractivity contribution is 7.09. The molecule has 1 aromatic heterocycles. The van der Waals surface area contributed by atoms with E-state index < -0.39 is 11.1 Å². The van der Waals surface area contributed by atoms with E-state index in [1.165, 1.54) is 11.3 Å². The van der Waals surface area contributed by atoms with Crippen molar-refractivity contribution in [3.05, 3.63) is 16.6 Å². The molecule has 1 aromatic rings. The first-order valence-electron chi connectivity index (χ1n) is 5.85. The molecular weight excluding hydrogens is 234 g/mol. The second-order valence-corrected chi connectivity index (χ2v) is 6.37. The van der Waals surface area contributed by atoms with E-state index in [2.05, 4.69) is 10.3 Å². The Kier molecular flexibility index (Phi) is 2.99. The van der Waals surface area contributed by atoms with Crippen LogP contribution in [-0.4, -0.2) is 16.4 Å². The zero-order valence-electron chi connectivity index (χ0n) is 10.5. The van der Waals surface area contributed by atoms with E-state index in [9.17, 15) is 4.79 Å². The summed E-state index contributed by atoms with van der Waals surface area (Å²) in [4.78, 5) is 16.4. The highest BCUT2D eigenvalue weighted by Crippen LogP contribution is 2.38. The predicted octanol–water partition coefficient (Wildman–Crippen LogP) is 1.62. The Hall–Kier alpha value is -0.940. The van der Waals surface area contributed by atoms with Crippen LogP contribution >= 0.6 is 11.3 Å². The van der Waals surface area contributed by atoms with Crippen molar-refractivity contribution >= 4 is 17.2 Å². The van der Waals surface area contributed by atoms with E-state index in [0.717, 1.165) is 17.8 Å². The summed E-state index contributed by atoms with van der Waals surface area (Å²) in [5, 5.41) is 5.81. The highest BCUT2D eigenvalue weighted by Gasteiger charge is 2.45. The summed E-state index contributed by atoms with van der Waals surface area (Å²) in [5.41, 5.74) is 4.88. The number of aromatic nitrogens is 1. The minimum absolute atomic E-state index is 0.0831. The van der Waals surface area contributed by atoms with Crippen LogP contribution < -0.4 is 11.1 Å². The lowest BCUT2D eigenvalue weighted by Crippen LogP contribution is -2.57. The quantitative estimate of drug-likeness (QED) is 0.857. The monoisotopic (exact) mass is 253 g/mol. The number of amides is 1. The van der Waals surface area contributed by atoms with Crippen molar-refractivity contribution in [1.29, 1.82) is 0 Å². The maximum atomic E-state index is 12.2. The van der Waals surface area contributed by atoms with Crippen molar-refractivity contribution < 1.29 is 4.79 Å². The number of carbonyl (C=O) groups is 1. The Labute approximate surface area is 106 Å². The molecule has 94 valence electrons. The third-order valence-electron chi connectivity index (χ3n) is 3.31. The molecule has 5 heteroatoms. The molecule has 0 saturated heterocycles. The van der Waals surface area contributed by atoms with Gasteiger partial charge in [0.05, 0.1) is 11.1 Å². The van der Waals surface area contributed by atoms with Crippen LogP contribution in [0.4, 0.5) is 0 Å². The molecule has 4 nitrogen and oxygen atoms in total. The van der Waals surface area contributed by atoms with Gasteiger partial charge in [0.1, 0.15) is 5.01 Å². The maximum Gasteiger partial charge on any atom is 0.240 e. The highest BCUT2D eigenvalue weighted by atomic mass is 32.1. The average molecular weight is 253 g/mol. The van der Waals surface area contributed by atoms with Crippen LogP contribution in [0.5, 0.6) is 0 Å². The van der Waals surface area contributed by atoms with Gasteiger partial charge in [0.2, 0.25) is 5.91 Å². The first-order chi connectivity index (χ1) is 7.84. The molecule has 1 saturated carbocycles. The number of hydrogen-bond acceptors (Lipinski definition) is 4. The van der Waals surface area contributed by atoms with E-state index in [-0.39, 0.29) is 5.91 Å². The molecule has 0 radical (unpaired) electrons. The minimum Gasteiger partial charge on any atom is -0.343 e. The van der Waals surface area contributed by atoms with Crippen LogP contribution in [0.3, 0.4) is 0 Å². The molecular formula is C12H19N3OS. The van der Waals surface area contributed by atoms with Crippen LogP contribution in [0.1, 0.15) is 38.6 Å². The van der Waals surface area contributed by atoms with Gasteiger partial charge in [-0.15, -0.1) is 11.3 Å².